The van der Waals surface area contributed by atoms with E-state index in [1.807, 2.05) is 6.92 Å². The number of carboxylic acid groups (broad SMARTS) is 1. The first kappa shape index (κ1) is 15.7. The third-order valence-corrected chi connectivity index (χ3v) is 5.26. The highest BCUT2D eigenvalue weighted by Crippen LogP contribution is 2.44. The zero-order valence-electron chi connectivity index (χ0n) is 12.1. The van der Waals surface area contributed by atoms with Gasteiger partial charge in [0.05, 0.1) is 4.90 Å². The van der Waals surface area contributed by atoms with E-state index in [9.17, 15) is 13.2 Å². The Bertz CT molecular complexity index is 688. The number of carboxylic acids is 1. The second kappa shape index (κ2) is 5.61. The Morgan fingerprint density at radius 1 is 1.43 bits per heavy atom. The average Bonchev–Trinajstić information content (AvgIpc) is 3.14. The number of sulfonamides is 1. The summed E-state index contributed by atoms with van der Waals surface area (Å²) in [6, 6.07) is 4.86. The molecule has 2 rings (SSSR count). The fraction of sp³-hybridized carbons (Fsp3) is 0.400. The highest BCUT2D eigenvalue weighted by molar-refractivity contribution is 7.89. The Kier molecular flexibility index (Phi) is 4.20. The summed E-state index contributed by atoms with van der Waals surface area (Å²) in [5, 5.41) is 8.62. The van der Waals surface area contributed by atoms with Crippen molar-refractivity contribution in [2.45, 2.75) is 31.6 Å². The van der Waals surface area contributed by atoms with Crippen LogP contribution < -0.4 is 4.72 Å². The maximum atomic E-state index is 12.4. The molecule has 0 aliphatic heterocycles. The lowest BCUT2D eigenvalue weighted by atomic mass is 10.1. The van der Waals surface area contributed by atoms with E-state index in [-0.39, 0.29) is 10.3 Å². The predicted molar refractivity (Wildman–Crippen MR) is 80.4 cm³/mol. The van der Waals surface area contributed by atoms with E-state index < -0.39 is 16.0 Å². The molecule has 0 spiro atoms. The van der Waals surface area contributed by atoms with Crippen LogP contribution in [0.15, 0.2) is 29.2 Å². The van der Waals surface area contributed by atoms with Crippen LogP contribution in [-0.2, 0) is 14.8 Å². The highest BCUT2D eigenvalue weighted by Gasteiger charge is 2.38. The van der Waals surface area contributed by atoms with Crippen LogP contribution in [0.1, 0.15) is 30.9 Å². The van der Waals surface area contributed by atoms with Gasteiger partial charge in [0, 0.05) is 12.6 Å². The number of carbonyl (C=O) groups is 1. The van der Waals surface area contributed by atoms with Gasteiger partial charge >= 0.3 is 5.97 Å². The van der Waals surface area contributed by atoms with Crippen LogP contribution in [0.25, 0.3) is 6.08 Å². The Labute approximate surface area is 124 Å². The standard InChI is InChI=1S/C15H19NO4S/c1-11-3-4-12(5-6-14(17)18)9-13(11)21(19,20)16-10-15(2)7-8-15/h3-6,9,16H,7-8,10H2,1-2H3,(H,17,18)/b6-5+. The van der Waals surface area contributed by atoms with Crippen LogP contribution in [0.3, 0.4) is 0 Å². The molecule has 1 aliphatic rings. The molecule has 1 aromatic carbocycles. The van der Waals surface area contributed by atoms with Crippen molar-refractivity contribution in [3.05, 3.63) is 35.4 Å². The van der Waals surface area contributed by atoms with E-state index in [1.165, 1.54) is 12.1 Å². The second-order valence-corrected chi connectivity index (χ2v) is 7.57. The van der Waals surface area contributed by atoms with E-state index in [0.29, 0.717) is 17.7 Å². The molecule has 1 aliphatic carbocycles. The molecule has 21 heavy (non-hydrogen) atoms. The SMILES string of the molecule is Cc1ccc(/C=C/C(=O)O)cc1S(=O)(=O)NCC1(C)CC1. The number of rotatable bonds is 6. The van der Waals surface area contributed by atoms with Gasteiger partial charge in [-0.1, -0.05) is 19.1 Å². The van der Waals surface area contributed by atoms with Crippen LogP contribution in [0.5, 0.6) is 0 Å². The van der Waals surface area contributed by atoms with E-state index in [0.717, 1.165) is 18.9 Å². The molecule has 0 heterocycles. The van der Waals surface area contributed by atoms with E-state index in [2.05, 4.69) is 4.72 Å². The van der Waals surface area contributed by atoms with Gasteiger partial charge in [-0.25, -0.2) is 17.9 Å². The van der Waals surface area contributed by atoms with Gasteiger partial charge in [0.15, 0.2) is 0 Å². The van der Waals surface area contributed by atoms with Crippen LogP contribution >= 0.6 is 0 Å². The van der Waals surface area contributed by atoms with E-state index in [1.54, 1.807) is 19.1 Å². The molecule has 2 N–H and O–H groups in total. The summed E-state index contributed by atoms with van der Waals surface area (Å²) in [4.78, 5) is 10.7. The molecule has 1 aromatic rings. The Morgan fingerprint density at radius 3 is 2.67 bits per heavy atom. The van der Waals surface area contributed by atoms with Crippen molar-refractivity contribution in [3.8, 4) is 0 Å². The van der Waals surface area contributed by atoms with Gasteiger partial charge in [-0.05, 0) is 48.4 Å². The summed E-state index contributed by atoms with van der Waals surface area (Å²) in [6.45, 7) is 4.20. The topological polar surface area (TPSA) is 83.5 Å². The molecule has 5 nitrogen and oxygen atoms in total. The summed E-state index contributed by atoms with van der Waals surface area (Å²) in [5.74, 6) is -1.07. The smallest absolute Gasteiger partial charge is 0.328 e. The van der Waals surface area contributed by atoms with Crippen molar-refractivity contribution >= 4 is 22.1 Å². The van der Waals surface area contributed by atoms with E-state index in [4.69, 9.17) is 5.11 Å². The Morgan fingerprint density at radius 2 is 2.10 bits per heavy atom. The zero-order chi connectivity index (χ0) is 15.7. The average molecular weight is 309 g/mol. The molecular formula is C15H19NO4S. The number of aryl methyl sites for hydroxylation is 1. The molecule has 114 valence electrons. The van der Waals surface area contributed by atoms with E-state index >= 15 is 0 Å². The second-order valence-electron chi connectivity index (χ2n) is 5.83. The minimum absolute atomic E-state index is 0.0851. The molecule has 1 saturated carbocycles. The third-order valence-electron chi connectivity index (χ3n) is 3.71. The molecule has 1 fully saturated rings. The first-order valence-corrected chi connectivity index (χ1v) is 8.22. The molecule has 0 saturated heterocycles. The lowest BCUT2D eigenvalue weighted by molar-refractivity contribution is -0.131. The summed E-state index contributed by atoms with van der Waals surface area (Å²) in [7, 11) is -3.58. The van der Waals surface area contributed by atoms with Crippen molar-refractivity contribution in [2.24, 2.45) is 5.41 Å². The lowest BCUT2D eigenvalue weighted by Gasteiger charge is -2.13. The van der Waals surface area contributed by atoms with Gasteiger partial charge in [0.25, 0.3) is 0 Å². The number of hydrogen-bond acceptors (Lipinski definition) is 3. The molecule has 0 radical (unpaired) electrons. The van der Waals surface area contributed by atoms with Crippen LogP contribution in [-0.4, -0.2) is 26.0 Å². The van der Waals surface area contributed by atoms with Crippen molar-refractivity contribution < 1.29 is 18.3 Å². The van der Waals surface area contributed by atoms with Gasteiger partial charge in [-0.3, -0.25) is 0 Å². The van der Waals surface area contributed by atoms with Crippen LogP contribution in [0.2, 0.25) is 0 Å². The fourth-order valence-electron chi connectivity index (χ4n) is 1.91. The van der Waals surface area contributed by atoms with Crippen molar-refractivity contribution in [3.63, 3.8) is 0 Å². The first-order valence-electron chi connectivity index (χ1n) is 6.73. The summed E-state index contributed by atoms with van der Waals surface area (Å²) < 4.78 is 27.4. The molecule has 6 heteroatoms. The van der Waals surface area contributed by atoms with Gasteiger partial charge < -0.3 is 5.11 Å². The molecule has 0 bridgehead atoms. The minimum atomic E-state index is -3.58. The van der Waals surface area contributed by atoms with Gasteiger partial charge in [-0.15, -0.1) is 0 Å². The zero-order valence-corrected chi connectivity index (χ0v) is 12.9. The summed E-state index contributed by atoms with van der Waals surface area (Å²) >= 11 is 0. The third kappa shape index (κ3) is 4.15. The van der Waals surface area contributed by atoms with Gasteiger partial charge in [-0.2, -0.15) is 0 Å². The number of aliphatic carboxylic acids is 1. The Hall–Kier alpha value is -1.66. The lowest BCUT2D eigenvalue weighted by Crippen LogP contribution is -2.29. The van der Waals surface area contributed by atoms with Crippen LogP contribution in [0.4, 0.5) is 0 Å². The quantitative estimate of drug-likeness (QED) is 0.789. The molecule has 0 amide bonds. The maximum Gasteiger partial charge on any atom is 0.328 e. The maximum absolute atomic E-state index is 12.4. The minimum Gasteiger partial charge on any atom is -0.478 e. The predicted octanol–water partition coefficient (Wildman–Crippen LogP) is 2.17. The van der Waals surface area contributed by atoms with Crippen molar-refractivity contribution in [1.29, 1.82) is 0 Å². The molecular weight excluding hydrogens is 290 g/mol. The monoisotopic (exact) mass is 309 g/mol. The highest BCUT2D eigenvalue weighted by atomic mass is 32.2. The molecule has 0 unspecified atom stereocenters. The van der Waals surface area contributed by atoms with Gasteiger partial charge in [0.1, 0.15) is 0 Å². The summed E-state index contributed by atoms with van der Waals surface area (Å²) in [5.41, 5.74) is 1.26. The number of nitrogens with one attached hydrogen (secondary N) is 1. The number of benzene rings is 1. The van der Waals surface area contributed by atoms with Crippen LogP contribution in [0, 0.1) is 12.3 Å². The Balaban J connectivity index is 2.24. The van der Waals surface area contributed by atoms with Gasteiger partial charge in [0.2, 0.25) is 10.0 Å². The fourth-order valence-corrected chi connectivity index (χ4v) is 3.39. The molecule has 0 aromatic heterocycles. The first-order chi connectivity index (χ1) is 9.72. The van der Waals surface area contributed by atoms with Crippen molar-refractivity contribution in [1.82, 2.24) is 4.72 Å². The largest absolute Gasteiger partial charge is 0.478 e. The summed E-state index contributed by atoms with van der Waals surface area (Å²) in [6.07, 6.45) is 4.44. The number of hydrogen-bond donors (Lipinski definition) is 2. The normalized spacial score (nSPS) is 17.0. The van der Waals surface area contributed by atoms with Crippen molar-refractivity contribution in [2.75, 3.05) is 6.54 Å². The molecule has 0 atom stereocenters.